The Hall–Kier alpha value is -0.570. The molecule has 3 nitrogen and oxygen atoms in total. The van der Waals surface area contributed by atoms with Crippen molar-refractivity contribution in [3.8, 4) is 0 Å². The number of esters is 1. The van der Waals surface area contributed by atoms with E-state index < -0.39 is 0 Å². The third-order valence-electron chi connectivity index (χ3n) is 5.09. The number of carbonyl (C=O) groups is 1. The SMILES string of the molecule is CC(C)OC(=O)CNC1C2(C)CCC(C2)C1(C)C. The molecule has 2 fully saturated rings. The maximum Gasteiger partial charge on any atom is 0.320 e. The molecule has 0 aromatic rings. The van der Waals surface area contributed by atoms with Crippen LogP contribution in [-0.4, -0.2) is 24.7 Å². The van der Waals surface area contributed by atoms with Gasteiger partial charge in [-0.05, 0) is 49.9 Å². The molecule has 0 aromatic heterocycles. The average Bonchev–Trinajstić information content (AvgIpc) is 2.67. The van der Waals surface area contributed by atoms with Crippen LogP contribution in [0.25, 0.3) is 0 Å². The summed E-state index contributed by atoms with van der Waals surface area (Å²) in [5.74, 6) is 0.674. The quantitative estimate of drug-likeness (QED) is 0.783. The molecule has 0 radical (unpaired) electrons. The van der Waals surface area contributed by atoms with E-state index in [2.05, 4.69) is 26.1 Å². The van der Waals surface area contributed by atoms with Crippen LogP contribution in [0.5, 0.6) is 0 Å². The van der Waals surface area contributed by atoms with Crippen molar-refractivity contribution in [2.75, 3.05) is 6.54 Å². The van der Waals surface area contributed by atoms with E-state index in [-0.39, 0.29) is 12.1 Å². The fraction of sp³-hybridized carbons (Fsp3) is 0.933. The molecule has 0 spiro atoms. The summed E-state index contributed by atoms with van der Waals surface area (Å²) in [6, 6.07) is 0.434. The first-order valence-electron chi connectivity index (χ1n) is 7.18. The average molecular weight is 253 g/mol. The fourth-order valence-corrected chi connectivity index (χ4v) is 4.30. The maximum absolute atomic E-state index is 11.6. The van der Waals surface area contributed by atoms with Crippen LogP contribution in [0, 0.1) is 16.7 Å². The minimum Gasteiger partial charge on any atom is -0.462 e. The number of rotatable bonds is 4. The maximum atomic E-state index is 11.6. The van der Waals surface area contributed by atoms with Gasteiger partial charge >= 0.3 is 5.97 Å². The van der Waals surface area contributed by atoms with E-state index in [0.29, 0.717) is 23.4 Å². The second-order valence-corrected chi connectivity index (χ2v) is 7.27. The van der Waals surface area contributed by atoms with Gasteiger partial charge in [0.15, 0.2) is 0 Å². The topological polar surface area (TPSA) is 38.3 Å². The summed E-state index contributed by atoms with van der Waals surface area (Å²) < 4.78 is 5.19. The molecule has 0 aromatic carbocycles. The molecule has 2 rings (SSSR count). The lowest BCUT2D eigenvalue weighted by molar-refractivity contribution is -0.146. The predicted octanol–water partition coefficient (Wildman–Crippen LogP) is 2.74. The Morgan fingerprint density at radius 2 is 2.06 bits per heavy atom. The number of hydrogen-bond acceptors (Lipinski definition) is 3. The molecule has 2 saturated carbocycles. The molecule has 2 aliphatic rings. The van der Waals surface area contributed by atoms with Gasteiger partial charge in [-0.25, -0.2) is 0 Å². The summed E-state index contributed by atoms with van der Waals surface area (Å²) in [6.07, 6.45) is 3.91. The van der Waals surface area contributed by atoms with Gasteiger partial charge in [-0.1, -0.05) is 20.8 Å². The van der Waals surface area contributed by atoms with E-state index in [1.54, 1.807) is 0 Å². The molecule has 3 heteroatoms. The molecule has 104 valence electrons. The third-order valence-corrected chi connectivity index (χ3v) is 5.09. The van der Waals surface area contributed by atoms with Crippen LogP contribution in [0.4, 0.5) is 0 Å². The second-order valence-electron chi connectivity index (χ2n) is 7.27. The van der Waals surface area contributed by atoms with E-state index in [4.69, 9.17) is 4.74 Å². The Balaban J connectivity index is 1.95. The van der Waals surface area contributed by atoms with E-state index >= 15 is 0 Å². The minimum absolute atomic E-state index is 0.0251. The van der Waals surface area contributed by atoms with Crippen LogP contribution in [0.3, 0.4) is 0 Å². The van der Waals surface area contributed by atoms with Gasteiger partial charge in [0.25, 0.3) is 0 Å². The van der Waals surface area contributed by atoms with Gasteiger partial charge in [0, 0.05) is 6.04 Å². The number of carbonyl (C=O) groups excluding carboxylic acids is 1. The highest BCUT2D eigenvalue weighted by molar-refractivity contribution is 5.71. The lowest BCUT2D eigenvalue weighted by Crippen LogP contribution is -2.51. The van der Waals surface area contributed by atoms with Crippen molar-refractivity contribution in [3.05, 3.63) is 0 Å². The van der Waals surface area contributed by atoms with Crippen molar-refractivity contribution in [1.82, 2.24) is 5.32 Å². The molecule has 0 amide bonds. The van der Waals surface area contributed by atoms with Crippen molar-refractivity contribution in [2.24, 2.45) is 16.7 Å². The van der Waals surface area contributed by atoms with Crippen molar-refractivity contribution >= 4 is 5.97 Å². The molecule has 1 N–H and O–H groups in total. The highest BCUT2D eigenvalue weighted by Gasteiger charge is 2.59. The normalized spacial score (nSPS) is 37.2. The molecular formula is C15H27NO2. The molecule has 2 bridgehead atoms. The van der Waals surface area contributed by atoms with E-state index in [0.717, 1.165) is 5.92 Å². The molecule has 3 unspecified atom stereocenters. The number of nitrogens with one attached hydrogen (secondary N) is 1. The Morgan fingerprint density at radius 1 is 1.39 bits per heavy atom. The smallest absolute Gasteiger partial charge is 0.320 e. The molecule has 0 saturated heterocycles. The zero-order valence-corrected chi connectivity index (χ0v) is 12.4. The first kappa shape index (κ1) is 13.9. The Kier molecular flexibility index (Phi) is 3.48. The largest absolute Gasteiger partial charge is 0.462 e. The molecule has 0 heterocycles. The third kappa shape index (κ3) is 2.29. The van der Waals surface area contributed by atoms with Gasteiger partial charge in [0.1, 0.15) is 0 Å². The Morgan fingerprint density at radius 3 is 2.56 bits per heavy atom. The van der Waals surface area contributed by atoms with Crippen LogP contribution in [0.1, 0.15) is 53.9 Å². The number of ether oxygens (including phenoxy) is 1. The van der Waals surface area contributed by atoms with Crippen LogP contribution < -0.4 is 5.32 Å². The molecule has 3 atom stereocenters. The van der Waals surface area contributed by atoms with E-state index in [1.807, 2.05) is 13.8 Å². The molecule has 18 heavy (non-hydrogen) atoms. The first-order valence-corrected chi connectivity index (χ1v) is 7.18. The van der Waals surface area contributed by atoms with Crippen LogP contribution in [0.2, 0.25) is 0 Å². The van der Waals surface area contributed by atoms with Crippen LogP contribution >= 0.6 is 0 Å². The van der Waals surface area contributed by atoms with Gasteiger partial charge in [-0.15, -0.1) is 0 Å². The summed E-state index contributed by atoms with van der Waals surface area (Å²) in [4.78, 5) is 11.6. The monoisotopic (exact) mass is 253 g/mol. The highest BCUT2D eigenvalue weighted by Crippen LogP contribution is 2.62. The predicted molar refractivity (Wildman–Crippen MR) is 72.2 cm³/mol. The zero-order valence-electron chi connectivity index (χ0n) is 12.4. The summed E-state index contributed by atoms with van der Waals surface area (Å²) in [6.45, 7) is 11.2. The van der Waals surface area contributed by atoms with Crippen molar-refractivity contribution in [3.63, 3.8) is 0 Å². The summed E-state index contributed by atoms with van der Waals surface area (Å²) in [5, 5.41) is 3.47. The summed E-state index contributed by atoms with van der Waals surface area (Å²) >= 11 is 0. The number of fused-ring (bicyclic) bond motifs is 2. The van der Waals surface area contributed by atoms with Gasteiger partial charge < -0.3 is 10.1 Å². The van der Waals surface area contributed by atoms with Crippen LogP contribution in [-0.2, 0) is 9.53 Å². The van der Waals surface area contributed by atoms with E-state index in [9.17, 15) is 4.79 Å². The van der Waals surface area contributed by atoms with Crippen molar-refractivity contribution in [1.29, 1.82) is 0 Å². The van der Waals surface area contributed by atoms with Crippen molar-refractivity contribution in [2.45, 2.75) is 66.0 Å². The first-order chi connectivity index (χ1) is 8.25. The lowest BCUT2D eigenvalue weighted by Gasteiger charge is -2.43. The van der Waals surface area contributed by atoms with Gasteiger partial charge in [-0.2, -0.15) is 0 Å². The molecule has 0 aliphatic heterocycles. The van der Waals surface area contributed by atoms with E-state index in [1.165, 1.54) is 19.3 Å². The Bertz CT molecular complexity index is 333. The van der Waals surface area contributed by atoms with Crippen LogP contribution in [0.15, 0.2) is 0 Å². The molecule has 2 aliphatic carbocycles. The summed E-state index contributed by atoms with van der Waals surface area (Å²) in [5.41, 5.74) is 0.664. The second kappa shape index (κ2) is 4.52. The summed E-state index contributed by atoms with van der Waals surface area (Å²) in [7, 11) is 0. The minimum atomic E-state index is -0.132. The zero-order chi connectivity index (χ0) is 13.6. The highest BCUT2D eigenvalue weighted by atomic mass is 16.5. The van der Waals surface area contributed by atoms with Gasteiger partial charge in [-0.3, -0.25) is 4.79 Å². The molecular weight excluding hydrogens is 226 g/mol. The van der Waals surface area contributed by atoms with Gasteiger partial charge in [0.05, 0.1) is 12.6 Å². The standard InChI is InChI=1S/C15H27NO2/c1-10(2)18-12(17)9-16-13-14(3,4)11-6-7-15(13,5)8-11/h10-11,13,16H,6-9H2,1-5H3. The van der Waals surface area contributed by atoms with Crippen molar-refractivity contribution < 1.29 is 9.53 Å². The van der Waals surface area contributed by atoms with Gasteiger partial charge in [0.2, 0.25) is 0 Å². The lowest BCUT2D eigenvalue weighted by atomic mass is 9.68. The fourth-order valence-electron chi connectivity index (χ4n) is 4.30. The Labute approximate surface area is 111 Å². The number of hydrogen-bond donors (Lipinski definition) is 1.